The minimum Gasteiger partial charge on any atom is -0.497 e. The minimum atomic E-state index is -0.285. The first-order valence-electron chi connectivity index (χ1n) is 8.78. The van der Waals surface area contributed by atoms with E-state index in [-0.39, 0.29) is 5.91 Å². The van der Waals surface area contributed by atoms with Gasteiger partial charge < -0.3 is 15.4 Å². The molecule has 2 N–H and O–H groups in total. The molecule has 0 saturated carbocycles. The van der Waals surface area contributed by atoms with Crippen molar-refractivity contribution in [2.75, 3.05) is 44.7 Å². The van der Waals surface area contributed by atoms with E-state index in [9.17, 15) is 4.79 Å². The number of ether oxygens (including phenoxy) is 1. The molecule has 27 heavy (non-hydrogen) atoms. The molecule has 0 atom stereocenters. The molecule has 2 aromatic heterocycles. The lowest BCUT2D eigenvalue weighted by molar-refractivity contribution is -0.119. The maximum absolute atomic E-state index is 11.1. The Labute approximate surface area is 161 Å². The van der Waals surface area contributed by atoms with Crippen LogP contribution in [0.4, 0.5) is 5.82 Å². The first-order valence-corrected chi connectivity index (χ1v) is 9.66. The Morgan fingerprint density at radius 2 is 1.93 bits per heavy atom. The number of hydrogen-bond donors (Lipinski definition) is 1. The lowest BCUT2D eigenvalue weighted by Crippen LogP contribution is -2.49. The Bertz CT molecular complexity index is 948. The highest BCUT2D eigenvalue weighted by Crippen LogP contribution is 2.38. The lowest BCUT2D eigenvalue weighted by atomic mass is 10.1. The average Bonchev–Trinajstić information content (AvgIpc) is 3.12. The molecular weight excluding hydrogens is 362 g/mol. The summed E-state index contributed by atoms with van der Waals surface area (Å²) in [4.78, 5) is 25.5. The number of amides is 1. The van der Waals surface area contributed by atoms with Crippen LogP contribution in [0.1, 0.15) is 0 Å². The fourth-order valence-corrected chi connectivity index (χ4v) is 4.33. The summed E-state index contributed by atoms with van der Waals surface area (Å²) in [7, 11) is 1.67. The van der Waals surface area contributed by atoms with E-state index in [1.807, 2.05) is 12.1 Å². The number of fused-ring (bicyclic) bond motifs is 1. The minimum absolute atomic E-state index is 0.285. The zero-order valence-electron chi connectivity index (χ0n) is 15.1. The van der Waals surface area contributed by atoms with E-state index in [2.05, 4.69) is 37.3 Å². The van der Waals surface area contributed by atoms with Gasteiger partial charge in [-0.1, -0.05) is 12.1 Å². The number of anilines is 1. The van der Waals surface area contributed by atoms with E-state index in [0.29, 0.717) is 6.54 Å². The fraction of sp³-hybridized carbons (Fsp3) is 0.316. The van der Waals surface area contributed by atoms with Gasteiger partial charge in [-0.05, 0) is 17.7 Å². The number of benzene rings is 1. The van der Waals surface area contributed by atoms with Crippen LogP contribution >= 0.6 is 11.3 Å². The normalized spacial score (nSPS) is 15.2. The number of rotatable bonds is 5. The van der Waals surface area contributed by atoms with Gasteiger partial charge in [0.2, 0.25) is 5.91 Å². The van der Waals surface area contributed by atoms with Crippen LogP contribution in [0.3, 0.4) is 0 Å². The van der Waals surface area contributed by atoms with Gasteiger partial charge in [0.05, 0.1) is 19.0 Å². The van der Waals surface area contributed by atoms with Crippen molar-refractivity contribution < 1.29 is 9.53 Å². The molecule has 7 nitrogen and oxygen atoms in total. The van der Waals surface area contributed by atoms with Crippen LogP contribution in [0.25, 0.3) is 21.3 Å². The molecule has 1 aromatic carbocycles. The van der Waals surface area contributed by atoms with Crippen LogP contribution in [0.15, 0.2) is 36.0 Å². The van der Waals surface area contributed by atoms with E-state index in [0.717, 1.165) is 59.1 Å². The summed E-state index contributed by atoms with van der Waals surface area (Å²) in [5, 5.41) is 3.21. The summed E-state index contributed by atoms with van der Waals surface area (Å²) < 4.78 is 5.26. The van der Waals surface area contributed by atoms with Crippen molar-refractivity contribution in [1.29, 1.82) is 0 Å². The van der Waals surface area contributed by atoms with Gasteiger partial charge in [-0.3, -0.25) is 9.69 Å². The Balaban J connectivity index is 1.66. The third-order valence-corrected chi connectivity index (χ3v) is 5.69. The van der Waals surface area contributed by atoms with Gasteiger partial charge >= 0.3 is 0 Å². The number of aromatic nitrogens is 2. The molecule has 3 heterocycles. The summed E-state index contributed by atoms with van der Waals surface area (Å²) in [5.74, 6) is 1.50. The third-order valence-electron chi connectivity index (χ3n) is 4.80. The van der Waals surface area contributed by atoms with E-state index >= 15 is 0 Å². The average molecular weight is 383 g/mol. The van der Waals surface area contributed by atoms with Crippen molar-refractivity contribution in [3.8, 4) is 16.9 Å². The van der Waals surface area contributed by atoms with E-state index < -0.39 is 0 Å². The highest BCUT2D eigenvalue weighted by atomic mass is 32.1. The molecule has 1 aliphatic rings. The Morgan fingerprint density at radius 3 is 2.59 bits per heavy atom. The largest absolute Gasteiger partial charge is 0.497 e. The van der Waals surface area contributed by atoms with E-state index in [4.69, 9.17) is 10.5 Å². The second-order valence-electron chi connectivity index (χ2n) is 6.48. The number of carbonyl (C=O) groups is 1. The van der Waals surface area contributed by atoms with E-state index in [1.54, 1.807) is 24.8 Å². The summed E-state index contributed by atoms with van der Waals surface area (Å²) in [6, 6.07) is 8.04. The number of thiophene rings is 1. The van der Waals surface area contributed by atoms with Gasteiger partial charge in [0.25, 0.3) is 0 Å². The van der Waals surface area contributed by atoms with Crippen molar-refractivity contribution in [3.63, 3.8) is 0 Å². The second kappa shape index (κ2) is 7.50. The zero-order chi connectivity index (χ0) is 18.8. The maximum atomic E-state index is 11.1. The van der Waals surface area contributed by atoms with Crippen molar-refractivity contribution in [1.82, 2.24) is 14.9 Å². The van der Waals surface area contributed by atoms with Gasteiger partial charge in [0.1, 0.15) is 22.7 Å². The zero-order valence-corrected chi connectivity index (χ0v) is 15.9. The van der Waals surface area contributed by atoms with Crippen LogP contribution in [-0.2, 0) is 4.79 Å². The molecule has 0 unspecified atom stereocenters. The second-order valence-corrected chi connectivity index (χ2v) is 7.34. The van der Waals surface area contributed by atoms with Crippen molar-refractivity contribution in [3.05, 3.63) is 36.0 Å². The number of primary amides is 1. The molecule has 140 valence electrons. The summed E-state index contributed by atoms with van der Waals surface area (Å²) in [6.07, 6.45) is 1.63. The number of methoxy groups -OCH3 is 1. The van der Waals surface area contributed by atoms with Gasteiger partial charge in [-0.25, -0.2) is 9.97 Å². The van der Waals surface area contributed by atoms with Gasteiger partial charge in [-0.15, -0.1) is 11.3 Å². The highest BCUT2D eigenvalue weighted by molar-refractivity contribution is 7.17. The van der Waals surface area contributed by atoms with Gasteiger partial charge in [0, 0.05) is 37.1 Å². The molecule has 1 saturated heterocycles. The van der Waals surface area contributed by atoms with Crippen molar-refractivity contribution in [2.45, 2.75) is 0 Å². The molecule has 1 aliphatic heterocycles. The molecule has 4 rings (SSSR count). The number of nitrogens with zero attached hydrogens (tertiary/aromatic N) is 4. The monoisotopic (exact) mass is 383 g/mol. The quantitative estimate of drug-likeness (QED) is 0.725. The van der Waals surface area contributed by atoms with Gasteiger partial charge in [-0.2, -0.15) is 0 Å². The standard InChI is InChI=1S/C19H21N5O2S/c1-26-14-4-2-13(3-5-14)15-11-27-19-17(15)18(21-12-22-19)24-8-6-23(7-9-24)10-16(20)25/h2-5,11-12H,6-10H2,1H3,(H2,20,25). The predicted molar refractivity (Wildman–Crippen MR) is 107 cm³/mol. The number of carbonyl (C=O) groups excluding carboxylic acids is 1. The molecule has 3 aromatic rings. The first kappa shape index (κ1) is 17.7. The van der Waals surface area contributed by atoms with Gasteiger partial charge in [0.15, 0.2) is 0 Å². The topological polar surface area (TPSA) is 84.6 Å². The Kier molecular flexibility index (Phi) is 4.91. The molecular formula is C19H21N5O2S. The smallest absolute Gasteiger partial charge is 0.231 e. The molecule has 0 spiro atoms. The van der Waals surface area contributed by atoms with Crippen LogP contribution in [0, 0.1) is 0 Å². The highest BCUT2D eigenvalue weighted by Gasteiger charge is 2.23. The lowest BCUT2D eigenvalue weighted by Gasteiger charge is -2.35. The predicted octanol–water partition coefficient (Wildman–Crippen LogP) is 1.97. The molecule has 1 fully saturated rings. The summed E-state index contributed by atoms with van der Waals surface area (Å²) >= 11 is 1.63. The fourth-order valence-electron chi connectivity index (χ4n) is 3.42. The van der Waals surface area contributed by atoms with Crippen LogP contribution in [-0.4, -0.2) is 60.6 Å². The number of nitrogens with two attached hydrogens (primary N) is 1. The molecule has 0 aliphatic carbocycles. The molecule has 8 heteroatoms. The molecule has 1 amide bonds. The SMILES string of the molecule is COc1ccc(-c2csc3ncnc(N4CCN(CC(N)=O)CC4)c23)cc1. The van der Waals surface area contributed by atoms with Crippen LogP contribution < -0.4 is 15.4 Å². The maximum Gasteiger partial charge on any atom is 0.231 e. The Hall–Kier alpha value is -2.71. The molecule has 0 radical (unpaired) electrons. The van der Waals surface area contributed by atoms with E-state index in [1.165, 1.54) is 0 Å². The number of hydrogen-bond acceptors (Lipinski definition) is 7. The first-order chi connectivity index (χ1) is 13.2. The van der Waals surface area contributed by atoms with Crippen molar-refractivity contribution in [2.24, 2.45) is 5.73 Å². The van der Waals surface area contributed by atoms with Crippen LogP contribution in [0.2, 0.25) is 0 Å². The summed E-state index contributed by atoms with van der Waals surface area (Å²) in [6.45, 7) is 3.49. The van der Waals surface area contributed by atoms with Crippen LogP contribution in [0.5, 0.6) is 5.75 Å². The third kappa shape index (κ3) is 3.58. The Morgan fingerprint density at radius 1 is 1.19 bits per heavy atom. The molecule has 0 bridgehead atoms. The van der Waals surface area contributed by atoms with Crippen molar-refractivity contribution >= 4 is 33.3 Å². The summed E-state index contributed by atoms with van der Waals surface area (Å²) in [5.41, 5.74) is 7.56. The number of piperazine rings is 1.